The second-order valence-corrected chi connectivity index (χ2v) is 10.7. The number of amides is 1. The number of pyridine rings is 1. The first-order valence-electron chi connectivity index (χ1n) is 13.6. The van der Waals surface area contributed by atoms with Crippen LogP contribution in [0.25, 0.3) is 0 Å². The monoisotopic (exact) mass is 588 g/mol. The van der Waals surface area contributed by atoms with E-state index in [0.717, 1.165) is 6.20 Å². The second-order valence-electron chi connectivity index (χ2n) is 10.7. The van der Waals surface area contributed by atoms with Crippen LogP contribution >= 0.6 is 0 Å². The molecule has 2 aliphatic heterocycles. The maximum Gasteiger partial charge on any atom is 0.417 e. The number of piperazine rings is 2. The number of carbonyl (C=O) groups is 1. The molecule has 1 aromatic carbocycles. The lowest BCUT2D eigenvalue weighted by molar-refractivity contribution is -0.138. The Hall–Kier alpha value is -4.20. The smallest absolute Gasteiger partial charge is 0.367 e. The summed E-state index contributed by atoms with van der Waals surface area (Å²) in [5.41, 5.74) is -2.32. The summed E-state index contributed by atoms with van der Waals surface area (Å²) in [6, 6.07) is 5.09. The lowest BCUT2D eigenvalue weighted by Gasteiger charge is -2.44. The summed E-state index contributed by atoms with van der Waals surface area (Å²) in [6.07, 6.45) is -0.888. The van der Waals surface area contributed by atoms with Crippen molar-refractivity contribution in [1.29, 1.82) is 0 Å². The van der Waals surface area contributed by atoms with Crippen molar-refractivity contribution in [2.75, 3.05) is 66.3 Å². The van der Waals surface area contributed by atoms with Gasteiger partial charge in [0.15, 0.2) is 0 Å². The summed E-state index contributed by atoms with van der Waals surface area (Å²) in [6.45, 7) is 7.00. The number of nitrogens with zero attached hydrogens (tertiary/aromatic N) is 6. The Morgan fingerprint density at radius 3 is 2.19 bits per heavy atom. The van der Waals surface area contributed by atoms with Crippen LogP contribution in [0.5, 0.6) is 0 Å². The van der Waals surface area contributed by atoms with Gasteiger partial charge in [-0.3, -0.25) is 14.5 Å². The standard InChI is InChI=1S/C28H32F4N8O2/c1-17-15-40(16-18(2)37(17)3)24-12-21(29)23(38-7-9-39(10-8-38)27-33-5-4-6-34-27)13-22(24)36-26(42)19-14-35-25(41)11-20(19)28(30,31)32/h4-6,11-14,17-18H,7-10,15-16H2,1-3H3,(H,35,41)(H,36,42). The summed E-state index contributed by atoms with van der Waals surface area (Å²) in [5.74, 6) is -1.01. The molecule has 10 nitrogen and oxygen atoms in total. The number of rotatable bonds is 5. The molecule has 2 saturated heterocycles. The number of halogens is 4. The molecule has 0 spiro atoms. The van der Waals surface area contributed by atoms with Gasteiger partial charge in [0, 0.05) is 82.1 Å². The van der Waals surface area contributed by atoms with Crippen molar-refractivity contribution in [3.05, 3.63) is 70.2 Å². The largest absolute Gasteiger partial charge is 0.417 e. The molecule has 1 amide bonds. The number of likely N-dealkylation sites (N-methyl/N-ethyl adjacent to an activating group) is 1. The third-order valence-electron chi connectivity index (χ3n) is 7.94. The fraction of sp³-hybridized carbons (Fsp3) is 0.429. The first-order valence-corrected chi connectivity index (χ1v) is 13.6. The lowest BCUT2D eigenvalue weighted by Crippen LogP contribution is -2.55. The average molecular weight is 589 g/mol. The Balaban J connectivity index is 1.49. The molecule has 2 aliphatic rings. The van der Waals surface area contributed by atoms with E-state index in [4.69, 9.17) is 0 Å². The normalized spacial score (nSPS) is 20.1. The van der Waals surface area contributed by atoms with Gasteiger partial charge in [0.1, 0.15) is 5.82 Å². The van der Waals surface area contributed by atoms with Crippen molar-refractivity contribution < 1.29 is 22.4 Å². The van der Waals surface area contributed by atoms with Crippen LogP contribution in [-0.4, -0.2) is 84.2 Å². The highest BCUT2D eigenvalue weighted by Gasteiger charge is 2.36. The van der Waals surface area contributed by atoms with Crippen LogP contribution in [0.1, 0.15) is 29.8 Å². The Bertz CT molecular complexity index is 1480. The van der Waals surface area contributed by atoms with Crippen LogP contribution in [0.4, 0.5) is 40.6 Å². The number of alkyl halides is 3. The Morgan fingerprint density at radius 2 is 1.57 bits per heavy atom. The van der Waals surface area contributed by atoms with Crippen molar-refractivity contribution >= 4 is 28.9 Å². The number of aromatic amines is 1. The third kappa shape index (κ3) is 6.03. The molecule has 2 aromatic heterocycles. The summed E-state index contributed by atoms with van der Waals surface area (Å²) >= 11 is 0. The molecule has 2 unspecified atom stereocenters. The highest BCUT2D eigenvalue weighted by molar-refractivity contribution is 6.07. The van der Waals surface area contributed by atoms with Gasteiger partial charge in [-0.1, -0.05) is 0 Å². The molecule has 5 rings (SSSR count). The zero-order chi connectivity index (χ0) is 30.2. The van der Waals surface area contributed by atoms with Gasteiger partial charge in [0.25, 0.3) is 5.91 Å². The molecule has 4 heterocycles. The highest BCUT2D eigenvalue weighted by atomic mass is 19.4. The first kappa shape index (κ1) is 29.3. The van der Waals surface area contributed by atoms with E-state index in [9.17, 15) is 22.8 Å². The SMILES string of the molecule is CC1CN(c2cc(F)c(N3CCN(c4ncccn4)CC3)cc2NC(=O)c2c[nH]c(=O)cc2C(F)(F)F)CC(C)N1C. The number of hydrogen-bond acceptors (Lipinski definition) is 8. The van der Waals surface area contributed by atoms with Crippen LogP contribution in [0.15, 0.2) is 47.7 Å². The van der Waals surface area contributed by atoms with Crippen molar-refractivity contribution in [2.45, 2.75) is 32.1 Å². The highest BCUT2D eigenvalue weighted by Crippen LogP contribution is 2.37. The molecule has 0 saturated carbocycles. The first-order chi connectivity index (χ1) is 19.9. The maximum absolute atomic E-state index is 15.8. The van der Waals surface area contributed by atoms with Gasteiger partial charge >= 0.3 is 6.18 Å². The molecule has 0 radical (unpaired) electrons. The molecular formula is C28H32F4N8O2. The van der Waals surface area contributed by atoms with Gasteiger partial charge in [-0.2, -0.15) is 13.2 Å². The van der Waals surface area contributed by atoms with E-state index < -0.39 is 34.6 Å². The van der Waals surface area contributed by atoms with Crippen LogP contribution in [0.3, 0.4) is 0 Å². The van der Waals surface area contributed by atoms with Gasteiger partial charge in [-0.25, -0.2) is 14.4 Å². The van der Waals surface area contributed by atoms with E-state index in [1.807, 2.05) is 35.6 Å². The molecule has 2 N–H and O–H groups in total. The Labute approximate surface area is 240 Å². The molecule has 224 valence electrons. The zero-order valence-corrected chi connectivity index (χ0v) is 23.5. The number of anilines is 4. The summed E-state index contributed by atoms with van der Waals surface area (Å²) in [5, 5.41) is 2.60. The zero-order valence-electron chi connectivity index (χ0n) is 23.5. The van der Waals surface area contributed by atoms with E-state index >= 15 is 4.39 Å². The Kier molecular flexibility index (Phi) is 8.08. The molecule has 0 bridgehead atoms. The van der Waals surface area contributed by atoms with Gasteiger partial charge < -0.3 is 25.0 Å². The summed E-state index contributed by atoms with van der Waals surface area (Å²) < 4.78 is 56.9. The topological polar surface area (TPSA) is 101 Å². The van der Waals surface area contributed by atoms with E-state index in [1.165, 1.54) is 12.1 Å². The van der Waals surface area contributed by atoms with Crippen molar-refractivity contribution in [3.8, 4) is 0 Å². The fourth-order valence-corrected chi connectivity index (χ4v) is 5.44. The van der Waals surface area contributed by atoms with E-state index in [-0.39, 0.29) is 23.5 Å². The van der Waals surface area contributed by atoms with Crippen LogP contribution in [0, 0.1) is 5.82 Å². The molecular weight excluding hydrogens is 556 g/mol. The van der Waals surface area contributed by atoms with Crippen molar-refractivity contribution in [1.82, 2.24) is 19.9 Å². The van der Waals surface area contributed by atoms with E-state index in [1.54, 1.807) is 18.5 Å². The van der Waals surface area contributed by atoms with Crippen LogP contribution in [-0.2, 0) is 6.18 Å². The van der Waals surface area contributed by atoms with Gasteiger partial charge in [-0.05, 0) is 33.0 Å². The summed E-state index contributed by atoms with van der Waals surface area (Å²) in [7, 11) is 1.99. The molecule has 2 atom stereocenters. The minimum Gasteiger partial charge on any atom is -0.367 e. The number of aromatic nitrogens is 3. The van der Waals surface area contributed by atoms with Crippen molar-refractivity contribution in [3.63, 3.8) is 0 Å². The average Bonchev–Trinajstić information content (AvgIpc) is 2.96. The molecule has 2 fully saturated rings. The van der Waals surface area contributed by atoms with Crippen LogP contribution in [0.2, 0.25) is 0 Å². The number of carbonyl (C=O) groups excluding carboxylic acids is 1. The quantitative estimate of drug-likeness (QED) is 0.438. The lowest BCUT2D eigenvalue weighted by atomic mass is 10.1. The second kappa shape index (κ2) is 11.6. The number of nitrogens with one attached hydrogen (secondary N) is 2. The summed E-state index contributed by atoms with van der Waals surface area (Å²) in [4.78, 5) is 43.5. The molecule has 42 heavy (non-hydrogen) atoms. The van der Waals surface area contributed by atoms with Crippen molar-refractivity contribution in [2.24, 2.45) is 0 Å². The minimum absolute atomic E-state index is 0.101. The predicted octanol–water partition coefficient (Wildman–Crippen LogP) is 3.43. The van der Waals surface area contributed by atoms with E-state index in [2.05, 4.69) is 25.2 Å². The number of hydrogen-bond donors (Lipinski definition) is 2. The van der Waals surface area contributed by atoms with Gasteiger partial charge in [0.2, 0.25) is 11.5 Å². The molecule has 0 aliphatic carbocycles. The third-order valence-corrected chi connectivity index (χ3v) is 7.94. The molecule has 14 heteroatoms. The van der Waals surface area contributed by atoms with Gasteiger partial charge in [-0.15, -0.1) is 0 Å². The fourth-order valence-electron chi connectivity index (χ4n) is 5.44. The predicted molar refractivity (Wildman–Crippen MR) is 152 cm³/mol. The number of H-pyrrole nitrogens is 1. The van der Waals surface area contributed by atoms with Gasteiger partial charge in [0.05, 0.1) is 28.2 Å². The van der Waals surface area contributed by atoms with E-state index in [0.29, 0.717) is 57.0 Å². The minimum atomic E-state index is -4.93. The van der Waals surface area contributed by atoms with Crippen LogP contribution < -0.4 is 25.6 Å². The molecule has 3 aromatic rings. The maximum atomic E-state index is 15.8. The number of benzene rings is 1. The Morgan fingerprint density at radius 1 is 0.952 bits per heavy atom.